The van der Waals surface area contributed by atoms with Crippen LogP contribution in [0.3, 0.4) is 0 Å². The molecule has 2 fully saturated rings. The van der Waals surface area contributed by atoms with Crippen LogP contribution in [0.15, 0.2) is 18.2 Å². The third-order valence-electron chi connectivity index (χ3n) is 7.02. The Labute approximate surface area is 195 Å². The van der Waals surface area contributed by atoms with Crippen LogP contribution >= 0.6 is 0 Å². The van der Waals surface area contributed by atoms with Crippen molar-refractivity contribution in [3.63, 3.8) is 0 Å². The molecule has 0 aliphatic carbocycles. The summed E-state index contributed by atoms with van der Waals surface area (Å²) < 4.78 is 0. The lowest BCUT2D eigenvalue weighted by molar-refractivity contribution is -0.136. The topological polar surface area (TPSA) is 90.0 Å². The first-order chi connectivity index (χ1) is 16.0. The van der Waals surface area contributed by atoms with Crippen LogP contribution in [0.4, 0.5) is 0 Å². The van der Waals surface area contributed by atoms with Crippen molar-refractivity contribution in [3.05, 3.63) is 34.9 Å². The van der Waals surface area contributed by atoms with Crippen molar-refractivity contribution in [2.24, 2.45) is 0 Å². The van der Waals surface area contributed by atoms with Crippen LogP contribution in [-0.2, 0) is 16.0 Å². The molecule has 0 saturated carbocycles. The van der Waals surface area contributed by atoms with E-state index >= 15 is 0 Å². The fourth-order valence-corrected chi connectivity index (χ4v) is 5.06. The Morgan fingerprint density at radius 3 is 2.27 bits per heavy atom. The van der Waals surface area contributed by atoms with E-state index in [1.54, 1.807) is 6.07 Å². The lowest BCUT2D eigenvalue weighted by atomic mass is 9.98. The summed E-state index contributed by atoms with van der Waals surface area (Å²) in [4.78, 5) is 55.9. The average molecular weight is 455 g/mol. The van der Waals surface area contributed by atoms with Crippen LogP contribution in [0.5, 0.6) is 0 Å². The highest BCUT2D eigenvalue weighted by Gasteiger charge is 2.45. The minimum absolute atomic E-state index is 0.129. The van der Waals surface area contributed by atoms with E-state index in [9.17, 15) is 19.2 Å². The second-order valence-electron chi connectivity index (χ2n) is 9.28. The van der Waals surface area contributed by atoms with Crippen LogP contribution in [0, 0.1) is 0 Å². The lowest BCUT2D eigenvalue weighted by Crippen LogP contribution is -2.54. The highest BCUT2D eigenvalue weighted by Crippen LogP contribution is 2.30. The van der Waals surface area contributed by atoms with Gasteiger partial charge in [0.2, 0.25) is 11.8 Å². The van der Waals surface area contributed by atoms with E-state index in [-0.39, 0.29) is 18.7 Å². The summed E-state index contributed by atoms with van der Waals surface area (Å²) in [5.74, 6) is -1.79. The highest BCUT2D eigenvalue weighted by atomic mass is 16.2. The Morgan fingerprint density at radius 2 is 1.61 bits per heavy atom. The Hall–Kier alpha value is -2.58. The molecule has 2 saturated heterocycles. The molecule has 0 radical (unpaired) electrons. The minimum atomic E-state index is -0.918. The summed E-state index contributed by atoms with van der Waals surface area (Å²) >= 11 is 0. The summed E-state index contributed by atoms with van der Waals surface area (Å²) in [7, 11) is 0. The number of imide groups is 2. The zero-order chi connectivity index (χ0) is 23.4. The molecule has 1 aromatic carbocycles. The number of amides is 4. The molecule has 4 amide bonds. The first kappa shape index (κ1) is 23.6. The van der Waals surface area contributed by atoms with E-state index in [2.05, 4.69) is 22.0 Å². The first-order valence-corrected chi connectivity index (χ1v) is 12.3. The normalized spacial score (nSPS) is 22.1. The van der Waals surface area contributed by atoms with E-state index in [4.69, 9.17) is 0 Å². The van der Waals surface area contributed by atoms with Gasteiger partial charge in [0.15, 0.2) is 0 Å². The second-order valence-corrected chi connectivity index (χ2v) is 9.28. The molecule has 3 aliphatic rings. The Kier molecular flexibility index (Phi) is 7.55. The number of unbranched alkanes of at least 4 members (excludes halogenated alkanes) is 2. The van der Waals surface area contributed by atoms with Gasteiger partial charge < -0.3 is 9.80 Å². The van der Waals surface area contributed by atoms with Crippen molar-refractivity contribution in [1.29, 1.82) is 0 Å². The number of hydrogen-bond donors (Lipinski definition) is 1. The maximum Gasteiger partial charge on any atom is 0.262 e. The van der Waals surface area contributed by atoms with Crippen LogP contribution in [0.2, 0.25) is 0 Å². The maximum absolute atomic E-state index is 13.2. The predicted molar refractivity (Wildman–Crippen MR) is 124 cm³/mol. The number of rotatable bonds is 9. The first-order valence-electron chi connectivity index (χ1n) is 12.3. The number of aryl methyl sites for hydroxylation is 1. The van der Waals surface area contributed by atoms with Crippen molar-refractivity contribution in [2.75, 3.05) is 39.3 Å². The summed E-state index contributed by atoms with van der Waals surface area (Å²) in [5.41, 5.74) is 1.66. The van der Waals surface area contributed by atoms with Gasteiger partial charge in [-0.25, -0.2) is 0 Å². The molecule has 1 N–H and O–H groups in total. The van der Waals surface area contributed by atoms with Crippen molar-refractivity contribution >= 4 is 23.6 Å². The summed E-state index contributed by atoms with van der Waals surface area (Å²) in [6.07, 6.45) is 5.51. The molecule has 3 heterocycles. The molecule has 1 atom stereocenters. The SMILES string of the molecule is CCCCN1CCN(CCCCc2cccc3c2C(=O)N(C2CCC(=O)NC2=O)C3=O)CC1. The molecule has 33 heavy (non-hydrogen) atoms. The fraction of sp³-hybridized carbons (Fsp3) is 0.600. The van der Waals surface area contributed by atoms with Crippen molar-refractivity contribution < 1.29 is 19.2 Å². The maximum atomic E-state index is 13.2. The van der Waals surface area contributed by atoms with Crippen molar-refractivity contribution in [3.8, 4) is 0 Å². The number of fused-ring (bicyclic) bond motifs is 1. The van der Waals surface area contributed by atoms with Crippen LogP contribution in [-0.4, -0.2) is 83.6 Å². The molecule has 1 aromatic rings. The largest absolute Gasteiger partial charge is 0.301 e. The molecule has 4 rings (SSSR count). The van der Waals surface area contributed by atoms with E-state index in [0.29, 0.717) is 11.1 Å². The van der Waals surface area contributed by atoms with Gasteiger partial charge in [0.05, 0.1) is 11.1 Å². The number of hydrogen-bond acceptors (Lipinski definition) is 6. The number of piperazine rings is 1. The third kappa shape index (κ3) is 5.17. The minimum Gasteiger partial charge on any atom is -0.301 e. The number of nitrogens with one attached hydrogen (secondary N) is 1. The lowest BCUT2D eigenvalue weighted by Gasteiger charge is -2.34. The van der Waals surface area contributed by atoms with E-state index in [1.165, 1.54) is 19.4 Å². The van der Waals surface area contributed by atoms with Gasteiger partial charge in [-0.2, -0.15) is 0 Å². The number of carbonyl (C=O) groups excluding carboxylic acids is 4. The van der Waals surface area contributed by atoms with E-state index < -0.39 is 23.8 Å². The van der Waals surface area contributed by atoms with Gasteiger partial charge in [0.25, 0.3) is 11.8 Å². The third-order valence-corrected chi connectivity index (χ3v) is 7.02. The molecule has 0 aromatic heterocycles. The monoisotopic (exact) mass is 454 g/mol. The van der Waals surface area contributed by atoms with Gasteiger partial charge in [-0.1, -0.05) is 25.5 Å². The quantitative estimate of drug-likeness (QED) is 0.452. The molecule has 8 heteroatoms. The standard InChI is InChI=1S/C25H34N4O4/c1-2-3-12-27-14-16-28(17-15-27)13-5-4-7-18-8-6-9-19-22(18)25(33)29(24(19)32)20-10-11-21(30)26-23(20)31/h6,8-9,20H,2-5,7,10-17H2,1H3,(H,26,30,31). The Bertz CT molecular complexity index is 923. The van der Waals surface area contributed by atoms with Gasteiger partial charge >= 0.3 is 0 Å². The highest BCUT2D eigenvalue weighted by molar-refractivity contribution is 6.24. The van der Waals surface area contributed by atoms with Crippen LogP contribution < -0.4 is 5.32 Å². The predicted octanol–water partition coefficient (Wildman–Crippen LogP) is 1.83. The van der Waals surface area contributed by atoms with Gasteiger partial charge in [0.1, 0.15) is 6.04 Å². The van der Waals surface area contributed by atoms with Crippen LogP contribution in [0.25, 0.3) is 0 Å². The number of piperidine rings is 1. The Morgan fingerprint density at radius 1 is 0.909 bits per heavy atom. The van der Waals surface area contributed by atoms with Crippen molar-refractivity contribution in [2.45, 2.75) is 57.9 Å². The smallest absolute Gasteiger partial charge is 0.262 e. The van der Waals surface area contributed by atoms with Gasteiger partial charge in [0, 0.05) is 32.6 Å². The summed E-state index contributed by atoms with van der Waals surface area (Å²) in [5, 5.41) is 2.24. The number of benzene rings is 1. The van der Waals surface area contributed by atoms with Gasteiger partial charge in [-0.05, 0) is 56.8 Å². The molecular weight excluding hydrogens is 420 g/mol. The van der Waals surface area contributed by atoms with Gasteiger partial charge in [-0.15, -0.1) is 0 Å². The molecule has 1 unspecified atom stereocenters. The molecule has 0 bridgehead atoms. The molecule has 0 spiro atoms. The summed E-state index contributed by atoms with van der Waals surface area (Å²) in [6.45, 7) is 8.97. The fourth-order valence-electron chi connectivity index (χ4n) is 5.06. The number of carbonyl (C=O) groups is 4. The molecule has 178 valence electrons. The van der Waals surface area contributed by atoms with Crippen molar-refractivity contribution in [1.82, 2.24) is 20.0 Å². The van der Waals surface area contributed by atoms with Gasteiger partial charge in [-0.3, -0.25) is 29.4 Å². The summed E-state index contributed by atoms with van der Waals surface area (Å²) in [6, 6.07) is 4.45. The second kappa shape index (κ2) is 10.6. The zero-order valence-corrected chi connectivity index (χ0v) is 19.5. The van der Waals surface area contributed by atoms with Crippen LogP contribution in [0.1, 0.15) is 71.7 Å². The molecule has 8 nitrogen and oxygen atoms in total. The molecule has 3 aliphatic heterocycles. The zero-order valence-electron chi connectivity index (χ0n) is 19.5. The van der Waals surface area contributed by atoms with E-state index in [0.717, 1.165) is 62.4 Å². The average Bonchev–Trinajstić information content (AvgIpc) is 3.07. The van der Waals surface area contributed by atoms with E-state index in [1.807, 2.05) is 12.1 Å². The Balaban J connectivity index is 1.31. The number of nitrogens with zero attached hydrogens (tertiary/aromatic N) is 3. The molecular formula is C25H34N4O4.